The Morgan fingerprint density at radius 1 is 1.08 bits per heavy atom. The lowest BCUT2D eigenvalue weighted by atomic mass is 9.94. The maximum atomic E-state index is 12.6. The first-order chi connectivity index (χ1) is 17.5. The Bertz CT molecular complexity index is 1160. The molecule has 36 heavy (non-hydrogen) atoms. The Balaban J connectivity index is 1.40. The molecule has 7 nitrogen and oxygen atoms in total. The first kappa shape index (κ1) is 26.4. The second kappa shape index (κ2) is 12.5. The number of thioether (sulfide) groups is 1. The highest BCUT2D eigenvalue weighted by atomic mass is 32.2. The van der Waals surface area contributed by atoms with E-state index in [0.717, 1.165) is 45.9 Å². The second-order valence-corrected chi connectivity index (χ2v) is 11.4. The minimum absolute atomic E-state index is 0.121. The summed E-state index contributed by atoms with van der Waals surface area (Å²) in [4.78, 5) is 26.8. The lowest BCUT2D eigenvalue weighted by molar-refractivity contribution is -0.129. The third-order valence-electron chi connectivity index (χ3n) is 6.14. The molecule has 9 heteroatoms. The maximum Gasteiger partial charge on any atom is 0.245 e. The number of nitrogens with one attached hydrogen (secondary N) is 2. The maximum absolute atomic E-state index is 12.6. The topological polar surface area (TPSA) is 114 Å². The Kier molecular flexibility index (Phi) is 9.17. The number of rotatable bonds is 10. The molecule has 4 rings (SSSR count). The van der Waals surface area contributed by atoms with Gasteiger partial charge in [0.15, 0.2) is 0 Å². The number of carbonyl (C=O) groups excluding carboxylic acids is 2. The fourth-order valence-electron chi connectivity index (χ4n) is 4.25. The molecule has 1 aliphatic rings. The van der Waals surface area contributed by atoms with Crippen LogP contribution in [0.2, 0.25) is 0 Å². The van der Waals surface area contributed by atoms with Crippen molar-refractivity contribution in [3.8, 4) is 10.4 Å². The number of amides is 2. The van der Waals surface area contributed by atoms with Crippen LogP contribution >= 0.6 is 23.1 Å². The summed E-state index contributed by atoms with van der Waals surface area (Å²) in [5, 5.41) is 12.0. The van der Waals surface area contributed by atoms with E-state index in [2.05, 4.69) is 17.4 Å². The van der Waals surface area contributed by atoms with Gasteiger partial charge in [-0.25, -0.2) is 5.48 Å². The molecule has 2 amide bonds. The second-order valence-electron chi connectivity index (χ2n) is 8.85. The van der Waals surface area contributed by atoms with E-state index >= 15 is 0 Å². The quantitative estimate of drug-likeness (QED) is 0.221. The molecule has 0 bridgehead atoms. The molecule has 0 radical (unpaired) electrons. The van der Waals surface area contributed by atoms with Crippen molar-refractivity contribution in [2.24, 2.45) is 5.73 Å². The summed E-state index contributed by atoms with van der Waals surface area (Å²) in [5.41, 5.74) is 10.5. The first-order valence-electron chi connectivity index (χ1n) is 11.9. The summed E-state index contributed by atoms with van der Waals surface area (Å²) in [6.45, 7) is 0.521. The number of ether oxygens (including phenoxy) is 1. The van der Waals surface area contributed by atoms with E-state index in [1.54, 1.807) is 28.6 Å². The number of hydrogen-bond donors (Lipinski definition) is 4. The number of benzene rings is 2. The molecule has 1 saturated heterocycles. The zero-order chi connectivity index (χ0) is 25.4. The van der Waals surface area contributed by atoms with E-state index in [0.29, 0.717) is 12.3 Å². The molecule has 0 saturated carbocycles. The SMILES string of the molecule is N[C@H](COCc1ccccc1)C(=O)Nc1cccc(-c2ccc([C@@]3(CC(=O)NO)CCCCS3)s2)c1. The van der Waals surface area contributed by atoms with Gasteiger partial charge in [-0.1, -0.05) is 48.9 Å². The number of hydroxylamine groups is 1. The van der Waals surface area contributed by atoms with Crippen molar-refractivity contribution in [3.63, 3.8) is 0 Å². The van der Waals surface area contributed by atoms with Crippen LogP contribution in [0.15, 0.2) is 66.7 Å². The first-order valence-corrected chi connectivity index (χ1v) is 13.7. The van der Waals surface area contributed by atoms with E-state index < -0.39 is 6.04 Å². The molecule has 0 aliphatic carbocycles. The summed E-state index contributed by atoms with van der Waals surface area (Å²) in [7, 11) is 0. The van der Waals surface area contributed by atoms with Gasteiger partial charge in [0.05, 0.1) is 18.0 Å². The highest BCUT2D eigenvalue weighted by molar-refractivity contribution is 8.00. The fraction of sp³-hybridized carbons (Fsp3) is 0.333. The molecule has 0 spiro atoms. The van der Waals surface area contributed by atoms with Gasteiger partial charge in [-0.15, -0.1) is 23.1 Å². The molecule has 2 heterocycles. The molecule has 2 aromatic carbocycles. The lowest BCUT2D eigenvalue weighted by Gasteiger charge is -2.35. The van der Waals surface area contributed by atoms with Crippen LogP contribution in [0, 0.1) is 0 Å². The van der Waals surface area contributed by atoms with Crippen LogP contribution < -0.4 is 16.5 Å². The molecule has 1 fully saturated rings. The fourth-order valence-corrected chi connectivity index (χ4v) is 7.14. The van der Waals surface area contributed by atoms with E-state index in [1.165, 1.54) is 0 Å². The van der Waals surface area contributed by atoms with Gasteiger partial charge >= 0.3 is 0 Å². The van der Waals surface area contributed by atoms with Crippen LogP contribution in [-0.2, 0) is 25.7 Å². The molecule has 2 atom stereocenters. The van der Waals surface area contributed by atoms with Crippen LogP contribution in [0.3, 0.4) is 0 Å². The lowest BCUT2D eigenvalue weighted by Crippen LogP contribution is -2.39. The third-order valence-corrected chi connectivity index (χ3v) is 9.22. The van der Waals surface area contributed by atoms with Gasteiger partial charge in [-0.3, -0.25) is 14.8 Å². The summed E-state index contributed by atoms with van der Waals surface area (Å²) < 4.78 is 5.28. The Labute approximate surface area is 219 Å². The summed E-state index contributed by atoms with van der Waals surface area (Å²) in [5.74, 6) is 0.316. The van der Waals surface area contributed by atoms with Gasteiger partial charge in [0.1, 0.15) is 6.04 Å². The normalized spacial score (nSPS) is 18.4. The van der Waals surface area contributed by atoms with Gasteiger partial charge in [-0.05, 0) is 54.0 Å². The van der Waals surface area contributed by atoms with Gasteiger partial charge < -0.3 is 15.8 Å². The van der Waals surface area contributed by atoms with Crippen molar-refractivity contribution in [2.45, 2.75) is 43.1 Å². The van der Waals surface area contributed by atoms with Crippen LogP contribution in [0.25, 0.3) is 10.4 Å². The zero-order valence-electron chi connectivity index (χ0n) is 19.9. The standard InChI is InChI=1S/C27H31N3O4S2/c28-22(18-34-17-19-7-2-1-3-8-19)26(32)29-21-10-6-9-20(15-21)23-11-12-24(36-23)27(16-25(31)30-33)13-4-5-14-35-27/h1-3,6-12,15,22,33H,4-5,13-14,16-18,28H2,(H,29,32)(H,30,31)/t22-,27+/m1/s1. The Morgan fingerprint density at radius 2 is 1.92 bits per heavy atom. The molecule has 5 N–H and O–H groups in total. The zero-order valence-corrected chi connectivity index (χ0v) is 21.6. The molecule has 1 aliphatic heterocycles. The number of carbonyl (C=O) groups is 2. The van der Waals surface area contributed by atoms with E-state index in [4.69, 9.17) is 15.7 Å². The number of nitrogens with two attached hydrogens (primary N) is 1. The van der Waals surface area contributed by atoms with Gasteiger partial charge in [0.25, 0.3) is 0 Å². The molecule has 3 aromatic rings. The molecular weight excluding hydrogens is 494 g/mol. The summed E-state index contributed by atoms with van der Waals surface area (Å²) >= 11 is 3.44. The van der Waals surface area contributed by atoms with Crippen molar-refractivity contribution in [1.82, 2.24) is 5.48 Å². The van der Waals surface area contributed by atoms with E-state index in [-0.39, 0.29) is 29.6 Å². The van der Waals surface area contributed by atoms with Crippen LogP contribution in [0.5, 0.6) is 0 Å². The average Bonchev–Trinajstić information content (AvgIpc) is 3.41. The molecule has 190 valence electrons. The number of hydrogen-bond acceptors (Lipinski definition) is 7. The van der Waals surface area contributed by atoms with Crippen molar-refractivity contribution in [3.05, 3.63) is 77.2 Å². The average molecular weight is 526 g/mol. The van der Waals surface area contributed by atoms with Gasteiger partial charge in [0, 0.05) is 21.9 Å². The van der Waals surface area contributed by atoms with Crippen molar-refractivity contribution < 1.29 is 19.5 Å². The minimum Gasteiger partial charge on any atom is -0.375 e. The van der Waals surface area contributed by atoms with Crippen LogP contribution in [0.1, 0.15) is 36.1 Å². The number of anilines is 1. The third kappa shape index (κ3) is 6.74. The molecule has 1 aromatic heterocycles. The minimum atomic E-state index is -0.786. The molecule has 0 unspecified atom stereocenters. The largest absolute Gasteiger partial charge is 0.375 e. The van der Waals surface area contributed by atoms with E-state index in [9.17, 15) is 9.59 Å². The smallest absolute Gasteiger partial charge is 0.245 e. The number of thiophene rings is 1. The predicted octanol–water partition coefficient (Wildman–Crippen LogP) is 4.91. The predicted molar refractivity (Wildman–Crippen MR) is 145 cm³/mol. The van der Waals surface area contributed by atoms with E-state index in [1.807, 2.05) is 54.6 Å². The van der Waals surface area contributed by atoms with Crippen LogP contribution in [0.4, 0.5) is 5.69 Å². The highest BCUT2D eigenvalue weighted by Gasteiger charge is 2.38. The Hall–Kier alpha value is -2.69. The monoisotopic (exact) mass is 525 g/mol. The molecular formula is C27H31N3O4S2. The van der Waals surface area contributed by atoms with Crippen LogP contribution in [-0.4, -0.2) is 35.4 Å². The van der Waals surface area contributed by atoms with Gasteiger partial charge in [0.2, 0.25) is 11.8 Å². The summed E-state index contributed by atoms with van der Waals surface area (Å²) in [6, 6.07) is 20.7. The van der Waals surface area contributed by atoms with Crippen molar-refractivity contribution >= 4 is 40.6 Å². The van der Waals surface area contributed by atoms with Gasteiger partial charge in [-0.2, -0.15) is 0 Å². The summed E-state index contributed by atoms with van der Waals surface area (Å²) in [6.07, 6.45) is 3.32. The Morgan fingerprint density at radius 3 is 2.67 bits per heavy atom. The highest BCUT2D eigenvalue weighted by Crippen LogP contribution is 2.50. The van der Waals surface area contributed by atoms with Crippen molar-refractivity contribution in [1.29, 1.82) is 0 Å². The van der Waals surface area contributed by atoms with Crippen molar-refractivity contribution in [2.75, 3.05) is 17.7 Å².